The summed E-state index contributed by atoms with van der Waals surface area (Å²) in [6.45, 7) is 8.79. The van der Waals surface area contributed by atoms with Gasteiger partial charge >= 0.3 is 0 Å². The van der Waals surface area contributed by atoms with Crippen molar-refractivity contribution in [3.63, 3.8) is 0 Å². The molecule has 1 aromatic rings. The smallest absolute Gasteiger partial charge is 0.151 e. The van der Waals surface area contributed by atoms with Gasteiger partial charge in [-0.05, 0) is 30.9 Å². The van der Waals surface area contributed by atoms with Gasteiger partial charge in [0.15, 0.2) is 5.82 Å². The predicted octanol–water partition coefficient (Wildman–Crippen LogP) is 1.88. The molecule has 0 spiro atoms. The van der Waals surface area contributed by atoms with Crippen molar-refractivity contribution in [2.75, 3.05) is 18.0 Å². The van der Waals surface area contributed by atoms with Crippen molar-refractivity contribution < 1.29 is 0 Å². The Morgan fingerprint density at radius 1 is 1.29 bits per heavy atom. The lowest BCUT2D eigenvalue weighted by Crippen LogP contribution is -2.49. The van der Waals surface area contributed by atoms with E-state index in [2.05, 4.69) is 35.0 Å². The lowest BCUT2D eigenvalue weighted by atomic mass is 9.88. The topological polar surface area (TPSA) is 29.0 Å². The highest BCUT2D eigenvalue weighted by atomic mass is 15.3. The summed E-state index contributed by atoms with van der Waals surface area (Å²) in [5.41, 5.74) is 0.981. The zero-order valence-corrected chi connectivity index (χ0v) is 9.07. The minimum absolute atomic E-state index is 0.782. The van der Waals surface area contributed by atoms with E-state index in [4.69, 9.17) is 0 Å². The van der Waals surface area contributed by atoms with Gasteiger partial charge in [-0.2, -0.15) is 5.10 Å². The van der Waals surface area contributed by atoms with Crippen molar-refractivity contribution in [3.8, 4) is 0 Å². The number of anilines is 1. The molecule has 0 amide bonds. The number of aromatic nitrogens is 2. The van der Waals surface area contributed by atoms with Gasteiger partial charge in [-0.15, -0.1) is 5.10 Å². The van der Waals surface area contributed by atoms with Gasteiger partial charge in [0.25, 0.3) is 0 Å². The summed E-state index contributed by atoms with van der Waals surface area (Å²) in [4.78, 5) is 2.29. The molecule has 1 aromatic heterocycles. The first-order valence-electron chi connectivity index (χ1n) is 5.22. The van der Waals surface area contributed by atoms with Gasteiger partial charge in [-0.3, -0.25) is 0 Å². The van der Waals surface area contributed by atoms with Crippen molar-refractivity contribution in [2.24, 2.45) is 11.8 Å². The summed E-state index contributed by atoms with van der Waals surface area (Å²) in [6.07, 6.45) is 0. The Hall–Kier alpha value is -1.12. The number of nitrogens with zero attached hydrogens (tertiary/aromatic N) is 3. The van der Waals surface area contributed by atoms with E-state index in [1.165, 1.54) is 0 Å². The quantitative estimate of drug-likeness (QED) is 0.714. The van der Waals surface area contributed by atoms with Gasteiger partial charge in [-0.1, -0.05) is 13.8 Å². The van der Waals surface area contributed by atoms with Gasteiger partial charge in [0.05, 0.1) is 5.69 Å². The van der Waals surface area contributed by atoms with Crippen LogP contribution in [0.4, 0.5) is 5.82 Å². The van der Waals surface area contributed by atoms with Gasteiger partial charge in [0.2, 0.25) is 0 Å². The second kappa shape index (κ2) is 3.56. The van der Waals surface area contributed by atoms with E-state index in [0.717, 1.165) is 36.4 Å². The third kappa shape index (κ3) is 1.72. The standard InChI is InChI=1S/C11H17N3/c1-8(2)10-6-14(7-10)11-5-4-9(3)12-13-11/h4-5,8,10H,6-7H2,1-3H3. The van der Waals surface area contributed by atoms with Crippen molar-refractivity contribution >= 4 is 5.82 Å². The van der Waals surface area contributed by atoms with E-state index >= 15 is 0 Å². The van der Waals surface area contributed by atoms with Crippen molar-refractivity contribution in [1.29, 1.82) is 0 Å². The van der Waals surface area contributed by atoms with Crippen molar-refractivity contribution in [1.82, 2.24) is 10.2 Å². The Kier molecular flexibility index (Phi) is 2.40. The molecule has 0 N–H and O–H groups in total. The van der Waals surface area contributed by atoms with Crippen LogP contribution in [0.3, 0.4) is 0 Å². The van der Waals surface area contributed by atoms with Crippen LogP contribution in [0.25, 0.3) is 0 Å². The molecule has 1 saturated heterocycles. The minimum atomic E-state index is 0.782. The molecule has 2 heterocycles. The Labute approximate surface area is 85.1 Å². The van der Waals surface area contributed by atoms with E-state index in [1.54, 1.807) is 0 Å². The minimum Gasteiger partial charge on any atom is -0.354 e. The summed E-state index contributed by atoms with van der Waals surface area (Å²) in [7, 11) is 0. The molecule has 0 saturated carbocycles. The molecular weight excluding hydrogens is 174 g/mol. The van der Waals surface area contributed by atoms with E-state index < -0.39 is 0 Å². The second-order valence-electron chi connectivity index (χ2n) is 4.44. The van der Waals surface area contributed by atoms with Gasteiger partial charge in [0, 0.05) is 13.1 Å². The molecule has 2 rings (SSSR count). The number of hydrogen-bond acceptors (Lipinski definition) is 3. The summed E-state index contributed by atoms with van der Waals surface area (Å²) in [5.74, 6) is 2.63. The van der Waals surface area contributed by atoms with Gasteiger partial charge < -0.3 is 4.90 Å². The Morgan fingerprint density at radius 3 is 2.50 bits per heavy atom. The van der Waals surface area contributed by atoms with Crippen LogP contribution >= 0.6 is 0 Å². The molecule has 0 unspecified atom stereocenters. The van der Waals surface area contributed by atoms with Crippen LogP contribution < -0.4 is 4.90 Å². The average Bonchev–Trinajstić information content (AvgIpc) is 2.05. The van der Waals surface area contributed by atoms with E-state index in [9.17, 15) is 0 Å². The first-order chi connectivity index (χ1) is 6.66. The highest BCUT2D eigenvalue weighted by Crippen LogP contribution is 2.27. The summed E-state index contributed by atoms with van der Waals surface area (Å²) < 4.78 is 0. The van der Waals surface area contributed by atoms with Crippen molar-refractivity contribution in [3.05, 3.63) is 17.8 Å². The van der Waals surface area contributed by atoms with Gasteiger partial charge in [0.1, 0.15) is 0 Å². The molecule has 76 valence electrons. The van der Waals surface area contributed by atoms with Crippen LogP contribution in [0, 0.1) is 18.8 Å². The molecule has 0 bridgehead atoms. The summed E-state index contributed by atoms with van der Waals surface area (Å²) in [6, 6.07) is 4.07. The maximum atomic E-state index is 4.17. The van der Waals surface area contributed by atoms with E-state index in [1.807, 2.05) is 13.0 Å². The first-order valence-corrected chi connectivity index (χ1v) is 5.22. The molecule has 1 aliphatic rings. The second-order valence-corrected chi connectivity index (χ2v) is 4.44. The number of rotatable bonds is 2. The van der Waals surface area contributed by atoms with E-state index in [-0.39, 0.29) is 0 Å². The first kappa shape index (κ1) is 9.44. The normalized spacial score (nSPS) is 17.3. The fourth-order valence-corrected chi connectivity index (χ4v) is 1.68. The highest BCUT2D eigenvalue weighted by Gasteiger charge is 2.29. The van der Waals surface area contributed by atoms with Crippen LogP contribution in [0.2, 0.25) is 0 Å². The molecule has 3 heteroatoms. The monoisotopic (exact) mass is 191 g/mol. The molecule has 0 atom stereocenters. The third-order valence-corrected chi connectivity index (χ3v) is 2.96. The van der Waals surface area contributed by atoms with Crippen molar-refractivity contribution in [2.45, 2.75) is 20.8 Å². The Balaban J connectivity index is 1.96. The molecule has 3 nitrogen and oxygen atoms in total. The fraction of sp³-hybridized carbons (Fsp3) is 0.636. The van der Waals surface area contributed by atoms with Crippen LogP contribution in [-0.4, -0.2) is 23.3 Å². The maximum Gasteiger partial charge on any atom is 0.151 e. The number of aryl methyl sites for hydroxylation is 1. The fourth-order valence-electron chi connectivity index (χ4n) is 1.68. The predicted molar refractivity (Wildman–Crippen MR) is 57.3 cm³/mol. The lowest BCUT2D eigenvalue weighted by molar-refractivity contribution is 0.307. The van der Waals surface area contributed by atoms with Crippen LogP contribution in [0.5, 0.6) is 0 Å². The summed E-state index contributed by atoms with van der Waals surface area (Å²) in [5, 5.41) is 8.23. The van der Waals surface area contributed by atoms with Crippen LogP contribution in [-0.2, 0) is 0 Å². The number of hydrogen-bond donors (Lipinski definition) is 0. The Bertz CT molecular complexity index is 299. The van der Waals surface area contributed by atoms with E-state index in [0.29, 0.717) is 0 Å². The maximum absolute atomic E-state index is 4.17. The zero-order valence-electron chi connectivity index (χ0n) is 9.07. The molecule has 14 heavy (non-hydrogen) atoms. The van der Waals surface area contributed by atoms with Gasteiger partial charge in [-0.25, -0.2) is 0 Å². The molecule has 0 aliphatic carbocycles. The largest absolute Gasteiger partial charge is 0.354 e. The van der Waals surface area contributed by atoms with Crippen LogP contribution in [0.1, 0.15) is 19.5 Å². The summed E-state index contributed by atoms with van der Waals surface area (Å²) >= 11 is 0. The Morgan fingerprint density at radius 2 is 2.00 bits per heavy atom. The van der Waals surface area contributed by atoms with Crippen LogP contribution in [0.15, 0.2) is 12.1 Å². The highest BCUT2D eigenvalue weighted by molar-refractivity contribution is 5.40. The molecule has 0 radical (unpaired) electrons. The SMILES string of the molecule is Cc1ccc(N2CC(C(C)C)C2)nn1. The molecule has 1 aliphatic heterocycles. The lowest BCUT2D eigenvalue weighted by Gasteiger charge is -2.42. The zero-order chi connectivity index (χ0) is 10.1. The average molecular weight is 191 g/mol. The third-order valence-electron chi connectivity index (χ3n) is 2.96. The molecular formula is C11H17N3. The molecule has 0 aromatic carbocycles. The molecule has 1 fully saturated rings.